The molecule has 3 atom stereocenters. The van der Waals surface area contributed by atoms with Gasteiger partial charge in [-0.25, -0.2) is 8.42 Å². The van der Waals surface area contributed by atoms with Gasteiger partial charge in [-0.3, -0.25) is 0 Å². The summed E-state index contributed by atoms with van der Waals surface area (Å²) in [5.41, 5.74) is 0.0985. The zero-order valence-corrected chi connectivity index (χ0v) is 13.3. The molecule has 1 saturated heterocycles. The van der Waals surface area contributed by atoms with Crippen molar-refractivity contribution in [1.29, 1.82) is 0 Å². The van der Waals surface area contributed by atoms with E-state index in [4.69, 9.17) is 4.74 Å². The Balaban J connectivity index is 1.81. The van der Waals surface area contributed by atoms with Gasteiger partial charge in [0.05, 0.1) is 17.6 Å². The van der Waals surface area contributed by atoms with Crippen LogP contribution >= 0.6 is 0 Å². The average molecular weight is 289 g/mol. The number of hydrogen-bond acceptors (Lipinski definition) is 4. The van der Waals surface area contributed by atoms with E-state index in [1.165, 1.54) is 0 Å². The molecule has 2 rings (SSSR count). The molecule has 1 saturated carbocycles. The van der Waals surface area contributed by atoms with Gasteiger partial charge in [-0.05, 0) is 18.8 Å². The van der Waals surface area contributed by atoms with Crippen LogP contribution in [0.25, 0.3) is 0 Å². The largest absolute Gasteiger partial charge is 0.377 e. The van der Waals surface area contributed by atoms with Crippen LogP contribution in [0.5, 0.6) is 0 Å². The maximum absolute atomic E-state index is 11.5. The molecule has 2 fully saturated rings. The highest BCUT2D eigenvalue weighted by molar-refractivity contribution is 7.91. The summed E-state index contributed by atoms with van der Waals surface area (Å²) in [5.74, 6) is 1.20. The van der Waals surface area contributed by atoms with Crippen molar-refractivity contribution in [3.8, 4) is 0 Å². The first-order valence-electron chi connectivity index (χ1n) is 7.29. The first-order chi connectivity index (χ1) is 8.71. The van der Waals surface area contributed by atoms with Gasteiger partial charge in [0.15, 0.2) is 9.84 Å². The molecule has 2 aliphatic rings. The Labute approximate surface area is 117 Å². The Morgan fingerprint density at radius 2 is 2.05 bits per heavy atom. The Morgan fingerprint density at radius 1 is 1.37 bits per heavy atom. The van der Waals surface area contributed by atoms with Gasteiger partial charge in [-0.15, -0.1) is 0 Å². The molecule has 1 heterocycles. The second kappa shape index (κ2) is 5.34. The first kappa shape index (κ1) is 15.3. The molecular formula is C14H27NO3S. The summed E-state index contributed by atoms with van der Waals surface area (Å²) >= 11 is 0. The molecule has 0 amide bonds. The van der Waals surface area contributed by atoms with E-state index in [-0.39, 0.29) is 11.5 Å². The summed E-state index contributed by atoms with van der Waals surface area (Å²) in [6.07, 6.45) is 2.05. The topological polar surface area (TPSA) is 55.4 Å². The fraction of sp³-hybridized carbons (Fsp3) is 1.00. The van der Waals surface area contributed by atoms with Crippen molar-refractivity contribution in [2.24, 2.45) is 11.3 Å². The molecule has 4 nitrogen and oxygen atoms in total. The maximum Gasteiger partial charge on any atom is 0.151 e. The van der Waals surface area contributed by atoms with E-state index in [2.05, 4.69) is 33.0 Å². The SMILES string of the molecule is CC(C)COC1CC(NC2CCS(=O)(=O)C2)C1(C)C. The Bertz CT molecular complexity index is 416. The normalized spacial score (nSPS) is 36.4. The van der Waals surface area contributed by atoms with Crippen LogP contribution in [0.4, 0.5) is 0 Å². The van der Waals surface area contributed by atoms with Crippen molar-refractivity contribution in [1.82, 2.24) is 5.32 Å². The molecule has 0 bridgehead atoms. The van der Waals surface area contributed by atoms with Crippen LogP contribution in [0.1, 0.15) is 40.5 Å². The van der Waals surface area contributed by atoms with Crippen LogP contribution in [0.15, 0.2) is 0 Å². The number of sulfone groups is 1. The van der Waals surface area contributed by atoms with Gasteiger partial charge >= 0.3 is 0 Å². The third-order valence-corrected chi connectivity index (χ3v) is 6.25. The molecule has 19 heavy (non-hydrogen) atoms. The molecule has 0 radical (unpaired) electrons. The van der Waals surface area contributed by atoms with E-state index in [1.54, 1.807) is 0 Å². The van der Waals surface area contributed by atoms with Gasteiger partial charge < -0.3 is 10.1 Å². The van der Waals surface area contributed by atoms with E-state index >= 15 is 0 Å². The molecular weight excluding hydrogens is 262 g/mol. The summed E-state index contributed by atoms with van der Waals surface area (Å²) < 4.78 is 28.9. The fourth-order valence-corrected chi connectivity index (χ4v) is 4.66. The van der Waals surface area contributed by atoms with Gasteiger partial charge in [0.2, 0.25) is 0 Å². The monoisotopic (exact) mass is 289 g/mol. The van der Waals surface area contributed by atoms with Gasteiger partial charge in [0.1, 0.15) is 0 Å². The molecule has 0 aromatic carbocycles. The highest BCUT2D eigenvalue weighted by atomic mass is 32.2. The number of rotatable bonds is 5. The second-order valence-electron chi connectivity index (χ2n) is 7.09. The molecule has 5 heteroatoms. The standard InChI is InChI=1S/C14H27NO3S/c1-10(2)8-18-13-7-12(14(13,3)4)15-11-5-6-19(16,17)9-11/h10-13,15H,5-9H2,1-4H3. The zero-order valence-electron chi connectivity index (χ0n) is 12.5. The Morgan fingerprint density at radius 3 is 2.53 bits per heavy atom. The smallest absolute Gasteiger partial charge is 0.151 e. The molecule has 1 N–H and O–H groups in total. The van der Waals surface area contributed by atoms with Crippen molar-refractivity contribution in [2.45, 2.75) is 58.7 Å². The predicted octanol–water partition coefficient (Wildman–Crippen LogP) is 1.60. The van der Waals surface area contributed by atoms with Crippen LogP contribution < -0.4 is 5.32 Å². The number of hydrogen-bond donors (Lipinski definition) is 1. The molecule has 0 aromatic rings. The minimum atomic E-state index is -2.79. The lowest BCUT2D eigenvalue weighted by Crippen LogP contribution is -2.63. The van der Waals surface area contributed by atoms with Crippen molar-refractivity contribution < 1.29 is 13.2 Å². The molecule has 0 aromatic heterocycles. The summed E-state index contributed by atoms with van der Waals surface area (Å²) in [6, 6.07) is 0.517. The minimum absolute atomic E-state index is 0.0985. The first-order valence-corrected chi connectivity index (χ1v) is 9.11. The van der Waals surface area contributed by atoms with Crippen molar-refractivity contribution >= 4 is 9.84 Å². The summed E-state index contributed by atoms with van der Waals surface area (Å²) in [7, 11) is -2.79. The summed E-state index contributed by atoms with van der Waals surface area (Å²) in [4.78, 5) is 0. The van der Waals surface area contributed by atoms with Gasteiger partial charge in [0.25, 0.3) is 0 Å². The quantitative estimate of drug-likeness (QED) is 0.835. The van der Waals surface area contributed by atoms with E-state index in [0.717, 1.165) is 19.4 Å². The number of nitrogens with one attached hydrogen (secondary N) is 1. The number of ether oxygens (including phenoxy) is 1. The van der Waals surface area contributed by atoms with Crippen LogP contribution in [-0.2, 0) is 14.6 Å². The Hall–Kier alpha value is -0.130. The van der Waals surface area contributed by atoms with E-state index < -0.39 is 9.84 Å². The van der Waals surface area contributed by atoms with Crippen LogP contribution in [0.2, 0.25) is 0 Å². The second-order valence-corrected chi connectivity index (χ2v) is 9.32. The van der Waals surface area contributed by atoms with Crippen LogP contribution in [0, 0.1) is 11.3 Å². The van der Waals surface area contributed by atoms with Crippen molar-refractivity contribution in [3.05, 3.63) is 0 Å². The van der Waals surface area contributed by atoms with Gasteiger partial charge in [-0.1, -0.05) is 27.7 Å². The van der Waals surface area contributed by atoms with E-state index in [1.807, 2.05) is 0 Å². The molecule has 0 spiro atoms. The predicted molar refractivity (Wildman–Crippen MR) is 77.0 cm³/mol. The Kier molecular flexibility index (Phi) is 4.29. The summed E-state index contributed by atoms with van der Waals surface area (Å²) in [5, 5.41) is 3.52. The molecule has 1 aliphatic carbocycles. The van der Waals surface area contributed by atoms with E-state index in [0.29, 0.717) is 29.6 Å². The van der Waals surface area contributed by atoms with Gasteiger partial charge in [-0.2, -0.15) is 0 Å². The lowest BCUT2D eigenvalue weighted by molar-refractivity contribution is -0.125. The summed E-state index contributed by atoms with van der Waals surface area (Å²) in [6.45, 7) is 9.54. The van der Waals surface area contributed by atoms with Crippen molar-refractivity contribution in [2.75, 3.05) is 18.1 Å². The highest BCUT2D eigenvalue weighted by Crippen LogP contribution is 2.43. The van der Waals surface area contributed by atoms with Crippen molar-refractivity contribution in [3.63, 3.8) is 0 Å². The lowest BCUT2D eigenvalue weighted by atomic mass is 9.64. The van der Waals surface area contributed by atoms with Crippen LogP contribution in [-0.4, -0.2) is 44.7 Å². The van der Waals surface area contributed by atoms with Crippen LogP contribution in [0.3, 0.4) is 0 Å². The maximum atomic E-state index is 11.5. The third kappa shape index (κ3) is 3.50. The van der Waals surface area contributed by atoms with Gasteiger partial charge in [0, 0.05) is 24.1 Å². The average Bonchev–Trinajstić information content (AvgIpc) is 2.62. The van der Waals surface area contributed by atoms with E-state index in [9.17, 15) is 8.42 Å². The lowest BCUT2D eigenvalue weighted by Gasteiger charge is -2.53. The zero-order chi connectivity index (χ0) is 14.3. The molecule has 1 aliphatic heterocycles. The fourth-order valence-electron chi connectivity index (χ4n) is 2.97. The highest BCUT2D eigenvalue weighted by Gasteiger charge is 2.50. The third-order valence-electron chi connectivity index (χ3n) is 4.48. The molecule has 3 unspecified atom stereocenters. The molecule has 112 valence electrons. The minimum Gasteiger partial charge on any atom is -0.377 e.